The monoisotopic (exact) mass is 265 g/mol. The molecule has 0 saturated carbocycles. The summed E-state index contributed by atoms with van der Waals surface area (Å²) in [6, 6.07) is -0.678. The first kappa shape index (κ1) is 16.4. The lowest BCUT2D eigenvalue weighted by Gasteiger charge is -2.21. The van der Waals surface area contributed by atoms with E-state index < -0.39 is 15.9 Å². The van der Waals surface area contributed by atoms with Crippen molar-refractivity contribution in [2.75, 3.05) is 18.6 Å². The summed E-state index contributed by atoms with van der Waals surface area (Å²) in [5.41, 5.74) is 0. The Kier molecular flexibility index (Phi) is 7.38. The standard InChI is InChI=1S/C11H23NO4S/c1-5-7-10(11(13)16-6-2)12-9(3)8-17(4,14)15/h9-10,12H,5-8H2,1-4H3. The topological polar surface area (TPSA) is 72.5 Å². The Morgan fingerprint density at radius 2 is 1.94 bits per heavy atom. The fourth-order valence-electron chi connectivity index (χ4n) is 1.65. The molecule has 1 N–H and O–H groups in total. The van der Waals surface area contributed by atoms with Gasteiger partial charge in [-0.1, -0.05) is 13.3 Å². The highest BCUT2D eigenvalue weighted by atomic mass is 32.2. The second kappa shape index (κ2) is 7.66. The summed E-state index contributed by atoms with van der Waals surface area (Å²) in [6.07, 6.45) is 2.67. The summed E-state index contributed by atoms with van der Waals surface area (Å²) >= 11 is 0. The molecular formula is C11H23NO4S. The molecule has 0 bridgehead atoms. The zero-order chi connectivity index (χ0) is 13.5. The number of sulfone groups is 1. The van der Waals surface area contributed by atoms with Crippen molar-refractivity contribution < 1.29 is 17.9 Å². The van der Waals surface area contributed by atoms with Crippen LogP contribution in [0.2, 0.25) is 0 Å². The van der Waals surface area contributed by atoms with E-state index in [4.69, 9.17) is 4.74 Å². The van der Waals surface area contributed by atoms with Gasteiger partial charge in [0.25, 0.3) is 0 Å². The molecule has 0 aromatic rings. The summed E-state index contributed by atoms with van der Waals surface area (Å²) in [5, 5.41) is 3.01. The normalized spacial score (nSPS) is 15.3. The molecule has 0 rings (SSSR count). The third-order valence-corrected chi connectivity index (χ3v) is 3.29. The molecule has 0 saturated heterocycles. The lowest BCUT2D eigenvalue weighted by molar-refractivity contribution is -0.146. The first-order valence-electron chi connectivity index (χ1n) is 5.90. The molecule has 0 aromatic carbocycles. The zero-order valence-corrected chi connectivity index (χ0v) is 11.8. The Hall–Kier alpha value is -0.620. The van der Waals surface area contributed by atoms with Gasteiger partial charge in [0, 0.05) is 12.3 Å². The molecule has 6 heteroatoms. The minimum atomic E-state index is -3.04. The average molecular weight is 265 g/mol. The predicted octanol–water partition coefficient (Wildman–Crippen LogP) is 0.741. The van der Waals surface area contributed by atoms with Gasteiger partial charge in [-0.3, -0.25) is 4.79 Å². The number of carbonyl (C=O) groups is 1. The molecule has 0 aliphatic rings. The first-order chi connectivity index (χ1) is 7.80. The van der Waals surface area contributed by atoms with Crippen molar-refractivity contribution in [2.24, 2.45) is 0 Å². The van der Waals surface area contributed by atoms with E-state index in [0.717, 1.165) is 6.42 Å². The van der Waals surface area contributed by atoms with Crippen molar-refractivity contribution in [3.8, 4) is 0 Å². The van der Waals surface area contributed by atoms with Gasteiger partial charge in [-0.25, -0.2) is 8.42 Å². The van der Waals surface area contributed by atoms with Crippen molar-refractivity contribution in [3.05, 3.63) is 0 Å². The number of hydrogen-bond acceptors (Lipinski definition) is 5. The molecule has 17 heavy (non-hydrogen) atoms. The number of carbonyl (C=O) groups excluding carboxylic acids is 1. The lowest BCUT2D eigenvalue weighted by atomic mass is 10.1. The molecule has 0 amide bonds. The van der Waals surface area contributed by atoms with Crippen LogP contribution in [0.5, 0.6) is 0 Å². The van der Waals surface area contributed by atoms with Crippen molar-refractivity contribution in [1.82, 2.24) is 5.32 Å². The van der Waals surface area contributed by atoms with E-state index in [9.17, 15) is 13.2 Å². The molecule has 2 unspecified atom stereocenters. The maximum absolute atomic E-state index is 11.6. The van der Waals surface area contributed by atoms with E-state index in [1.807, 2.05) is 6.92 Å². The minimum absolute atomic E-state index is 0.0205. The van der Waals surface area contributed by atoms with Crippen LogP contribution in [0, 0.1) is 0 Å². The van der Waals surface area contributed by atoms with Crippen molar-refractivity contribution >= 4 is 15.8 Å². The van der Waals surface area contributed by atoms with Gasteiger partial charge in [-0.15, -0.1) is 0 Å². The maximum Gasteiger partial charge on any atom is 0.323 e. The second-order valence-corrected chi connectivity index (χ2v) is 6.44. The molecule has 0 fully saturated rings. The van der Waals surface area contributed by atoms with E-state index in [1.54, 1.807) is 13.8 Å². The Morgan fingerprint density at radius 3 is 2.35 bits per heavy atom. The molecule has 0 aliphatic carbocycles. The van der Waals surface area contributed by atoms with Gasteiger partial charge >= 0.3 is 5.97 Å². The predicted molar refractivity (Wildman–Crippen MR) is 67.6 cm³/mol. The van der Waals surface area contributed by atoms with E-state index >= 15 is 0 Å². The Bertz CT molecular complexity index is 326. The van der Waals surface area contributed by atoms with Gasteiger partial charge in [-0.05, 0) is 20.3 Å². The third kappa shape index (κ3) is 8.15. The highest BCUT2D eigenvalue weighted by Gasteiger charge is 2.22. The molecule has 0 radical (unpaired) electrons. The van der Waals surface area contributed by atoms with Crippen molar-refractivity contribution in [1.29, 1.82) is 0 Å². The summed E-state index contributed by atoms with van der Waals surface area (Å²) in [5.74, 6) is -0.290. The van der Waals surface area contributed by atoms with Crippen molar-refractivity contribution in [3.63, 3.8) is 0 Å². The SMILES string of the molecule is CCCC(NC(C)CS(C)(=O)=O)C(=O)OCC. The Balaban J connectivity index is 4.38. The largest absolute Gasteiger partial charge is 0.465 e. The number of nitrogens with one attached hydrogen (secondary N) is 1. The molecule has 0 aromatic heterocycles. The fourth-order valence-corrected chi connectivity index (χ4v) is 2.65. The highest BCUT2D eigenvalue weighted by molar-refractivity contribution is 7.90. The van der Waals surface area contributed by atoms with Gasteiger partial charge in [0.05, 0.1) is 12.4 Å². The molecule has 0 heterocycles. The summed E-state index contributed by atoms with van der Waals surface area (Å²) in [6.45, 7) is 5.81. The van der Waals surface area contributed by atoms with E-state index in [0.29, 0.717) is 13.0 Å². The van der Waals surface area contributed by atoms with Gasteiger partial charge in [-0.2, -0.15) is 0 Å². The molecule has 0 spiro atoms. The Morgan fingerprint density at radius 1 is 1.35 bits per heavy atom. The quantitative estimate of drug-likeness (QED) is 0.655. The molecular weight excluding hydrogens is 242 g/mol. The van der Waals surface area contributed by atoms with Crippen LogP contribution in [0.15, 0.2) is 0 Å². The number of esters is 1. The highest BCUT2D eigenvalue weighted by Crippen LogP contribution is 2.02. The average Bonchev–Trinajstić information content (AvgIpc) is 2.14. The Labute approximate surface area is 104 Å². The van der Waals surface area contributed by atoms with Crippen LogP contribution in [0.25, 0.3) is 0 Å². The maximum atomic E-state index is 11.6. The number of rotatable bonds is 8. The van der Waals surface area contributed by atoms with Crippen LogP contribution in [0.4, 0.5) is 0 Å². The van der Waals surface area contributed by atoms with Crippen LogP contribution < -0.4 is 5.32 Å². The van der Waals surface area contributed by atoms with E-state index in [2.05, 4.69) is 5.32 Å². The third-order valence-electron chi connectivity index (χ3n) is 2.19. The van der Waals surface area contributed by atoms with Gasteiger partial charge < -0.3 is 10.1 Å². The van der Waals surface area contributed by atoms with E-state index in [-0.39, 0.29) is 17.8 Å². The summed E-state index contributed by atoms with van der Waals surface area (Å²) in [7, 11) is -3.04. The summed E-state index contributed by atoms with van der Waals surface area (Å²) < 4.78 is 27.2. The van der Waals surface area contributed by atoms with Gasteiger partial charge in [0.1, 0.15) is 15.9 Å². The molecule has 5 nitrogen and oxygen atoms in total. The van der Waals surface area contributed by atoms with Crippen LogP contribution >= 0.6 is 0 Å². The number of ether oxygens (including phenoxy) is 1. The molecule has 102 valence electrons. The van der Waals surface area contributed by atoms with E-state index in [1.165, 1.54) is 6.26 Å². The lowest BCUT2D eigenvalue weighted by Crippen LogP contribution is -2.45. The first-order valence-corrected chi connectivity index (χ1v) is 7.96. The van der Waals surface area contributed by atoms with Crippen LogP contribution in [0.3, 0.4) is 0 Å². The number of hydrogen-bond donors (Lipinski definition) is 1. The molecule has 0 aliphatic heterocycles. The molecule has 2 atom stereocenters. The van der Waals surface area contributed by atoms with Crippen LogP contribution in [-0.4, -0.2) is 45.1 Å². The summed E-state index contributed by atoms with van der Waals surface area (Å²) in [4.78, 5) is 11.6. The zero-order valence-electron chi connectivity index (χ0n) is 11.0. The smallest absolute Gasteiger partial charge is 0.323 e. The fraction of sp³-hybridized carbons (Fsp3) is 0.909. The van der Waals surface area contributed by atoms with Crippen LogP contribution in [0.1, 0.15) is 33.6 Å². The van der Waals surface area contributed by atoms with Crippen LogP contribution in [-0.2, 0) is 19.4 Å². The van der Waals surface area contributed by atoms with Crippen molar-refractivity contribution in [2.45, 2.75) is 45.7 Å². The second-order valence-electron chi connectivity index (χ2n) is 4.25. The van der Waals surface area contributed by atoms with Gasteiger partial charge in [0.15, 0.2) is 0 Å². The minimum Gasteiger partial charge on any atom is -0.465 e. The van der Waals surface area contributed by atoms with Gasteiger partial charge in [0.2, 0.25) is 0 Å².